The van der Waals surface area contributed by atoms with Crippen molar-refractivity contribution in [3.63, 3.8) is 0 Å². The van der Waals surface area contributed by atoms with Gasteiger partial charge in [-0.25, -0.2) is 5.01 Å². The molecule has 2 N–H and O–H groups in total. The summed E-state index contributed by atoms with van der Waals surface area (Å²) in [6.45, 7) is 1.77. The van der Waals surface area contributed by atoms with Crippen molar-refractivity contribution >= 4 is 5.91 Å². The molecule has 1 aliphatic heterocycles. The zero-order valence-electron chi connectivity index (χ0n) is 12.4. The first-order valence-electron chi connectivity index (χ1n) is 7.30. The monoisotopic (exact) mass is 327 g/mol. The van der Waals surface area contributed by atoms with Crippen molar-refractivity contribution in [3.05, 3.63) is 41.4 Å². The molecule has 1 aromatic rings. The number of alkyl halides is 3. The second kappa shape index (κ2) is 5.23. The molecule has 1 aromatic heterocycles. The number of hydrazine groups is 1. The second-order valence-corrected chi connectivity index (χ2v) is 5.85. The van der Waals surface area contributed by atoms with Gasteiger partial charge in [0.1, 0.15) is 0 Å². The Morgan fingerprint density at radius 3 is 2.87 bits per heavy atom. The summed E-state index contributed by atoms with van der Waals surface area (Å²) in [5.41, 5.74) is -0.738. The number of carbonyl (C=O) groups excluding carboxylic acids is 1. The molecule has 0 unspecified atom stereocenters. The van der Waals surface area contributed by atoms with Crippen molar-refractivity contribution in [1.82, 2.24) is 15.4 Å². The molecule has 0 radical (unpaired) electrons. The molecule has 1 aliphatic carbocycles. The molecule has 23 heavy (non-hydrogen) atoms. The standard InChI is InChI=1S/C15H16F3N3O2/c1-9-4-2-6-11-12(9)20-21(14(11,23)15(16,17)18)13(22)10-5-3-7-19-8-10/h3,5,7-9,20,23H,2,4,6H2,1H3/t9-,14-/m0/s1. The lowest BCUT2D eigenvalue weighted by atomic mass is 9.84. The molecule has 8 heteroatoms. The van der Waals surface area contributed by atoms with Gasteiger partial charge in [-0.2, -0.15) is 13.2 Å². The number of carbonyl (C=O) groups is 1. The van der Waals surface area contributed by atoms with Crippen LogP contribution >= 0.6 is 0 Å². The largest absolute Gasteiger partial charge is 0.442 e. The van der Waals surface area contributed by atoms with Gasteiger partial charge in [0.15, 0.2) is 0 Å². The van der Waals surface area contributed by atoms with Crippen LogP contribution in [0.1, 0.15) is 36.5 Å². The Labute approximate surface area is 130 Å². The predicted molar refractivity (Wildman–Crippen MR) is 74.6 cm³/mol. The van der Waals surface area contributed by atoms with E-state index in [4.69, 9.17) is 0 Å². The number of hydrogen-bond acceptors (Lipinski definition) is 4. The predicted octanol–water partition coefficient (Wildman–Crippen LogP) is 2.37. The van der Waals surface area contributed by atoms with Crippen molar-refractivity contribution in [3.8, 4) is 0 Å². The molecule has 0 aromatic carbocycles. The average molecular weight is 327 g/mol. The number of nitrogens with one attached hydrogen (secondary N) is 1. The van der Waals surface area contributed by atoms with Gasteiger partial charge in [-0.05, 0) is 37.3 Å². The van der Waals surface area contributed by atoms with E-state index < -0.39 is 17.8 Å². The number of aliphatic hydroxyl groups is 1. The van der Waals surface area contributed by atoms with Crippen LogP contribution in [-0.2, 0) is 0 Å². The van der Waals surface area contributed by atoms with Crippen molar-refractivity contribution in [2.24, 2.45) is 5.92 Å². The van der Waals surface area contributed by atoms with E-state index in [1.165, 1.54) is 24.5 Å². The fourth-order valence-corrected chi connectivity index (χ4v) is 3.15. The molecule has 0 saturated carbocycles. The highest BCUT2D eigenvalue weighted by Crippen LogP contribution is 2.48. The summed E-state index contributed by atoms with van der Waals surface area (Å²) in [5.74, 6) is -1.15. The smallest absolute Gasteiger partial charge is 0.359 e. The number of nitrogens with zero attached hydrogens (tertiary/aromatic N) is 2. The molecule has 2 aliphatic rings. The van der Waals surface area contributed by atoms with E-state index in [9.17, 15) is 23.1 Å². The molecular weight excluding hydrogens is 311 g/mol. The van der Waals surface area contributed by atoms with E-state index in [1.807, 2.05) is 0 Å². The number of hydrogen-bond donors (Lipinski definition) is 2. The van der Waals surface area contributed by atoms with Gasteiger partial charge in [0.2, 0.25) is 0 Å². The molecule has 2 heterocycles. The molecule has 0 bridgehead atoms. The van der Waals surface area contributed by atoms with Gasteiger partial charge < -0.3 is 5.11 Å². The zero-order chi connectivity index (χ0) is 16.8. The lowest BCUT2D eigenvalue weighted by Gasteiger charge is -2.36. The first-order chi connectivity index (χ1) is 10.8. The van der Waals surface area contributed by atoms with Crippen molar-refractivity contribution in [2.75, 3.05) is 0 Å². The van der Waals surface area contributed by atoms with Gasteiger partial charge in [-0.3, -0.25) is 15.2 Å². The van der Waals surface area contributed by atoms with Gasteiger partial charge in [0.05, 0.1) is 5.56 Å². The minimum absolute atomic E-state index is 0.0322. The highest BCUT2D eigenvalue weighted by molar-refractivity contribution is 5.94. The minimum atomic E-state index is -5.01. The Kier molecular flexibility index (Phi) is 3.59. The van der Waals surface area contributed by atoms with E-state index in [2.05, 4.69) is 10.4 Å². The number of rotatable bonds is 1. The van der Waals surface area contributed by atoms with Gasteiger partial charge >= 0.3 is 6.18 Å². The van der Waals surface area contributed by atoms with E-state index in [-0.39, 0.29) is 34.2 Å². The van der Waals surface area contributed by atoms with Crippen LogP contribution in [0.2, 0.25) is 0 Å². The second-order valence-electron chi connectivity index (χ2n) is 5.85. The van der Waals surface area contributed by atoms with Crippen molar-refractivity contribution < 1.29 is 23.1 Å². The van der Waals surface area contributed by atoms with Gasteiger partial charge in [0.25, 0.3) is 11.6 Å². The quantitative estimate of drug-likeness (QED) is 0.831. The van der Waals surface area contributed by atoms with E-state index in [1.54, 1.807) is 6.92 Å². The number of aromatic nitrogens is 1. The van der Waals surface area contributed by atoms with Crippen LogP contribution in [0, 0.1) is 5.92 Å². The Morgan fingerprint density at radius 2 is 2.26 bits per heavy atom. The highest BCUT2D eigenvalue weighted by Gasteiger charge is 2.66. The normalized spacial score (nSPS) is 27.7. The van der Waals surface area contributed by atoms with Crippen LogP contribution in [0.5, 0.6) is 0 Å². The lowest BCUT2D eigenvalue weighted by molar-refractivity contribution is -0.288. The molecule has 0 fully saturated rings. The molecule has 3 rings (SSSR count). The highest BCUT2D eigenvalue weighted by atomic mass is 19.4. The molecule has 124 valence electrons. The van der Waals surface area contributed by atoms with Crippen LogP contribution in [0.3, 0.4) is 0 Å². The van der Waals surface area contributed by atoms with Crippen molar-refractivity contribution in [2.45, 2.75) is 38.1 Å². The fourth-order valence-electron chi connectivity index (χ4n) is 3.15. The maximum absolute atomic E-state index is 13.6. The Balaban J connectivity index is 2.07. The molecule has 5 nitrogen and oxygen atoms in total. The maximum atomic E-state index is 13.6. The van der Waals surface area contributed by atoms with Crippen LogP contribution in [0.15, 0.2) is 35.8 Å². The molecule has 0 saturated heterocycles. The van der Waals surface area contributed by atoms with Gasteiger partial charge in [0, 0.05) is 23.7 Å². The third-order valence-corrected chi connectivity index (χ3v) is 4.37. The molecule has 0 spiro atoms. The zero-order valence-corrected chi connectivity index (χ0v) is 12.4. The summed E-state index contributed by atoms with van der Waals surface area (Å²) in [5, 5.41) is 10.8. The number of amides is 1. The van der Waals surface area contributed by atoms with Crippen LogP contribution in [0.25, 0.3) is 0 Å². The van der Waals surface area contributed by atoms with E-state index in [0.29, 0.717) is 12.8 Å². The van der Waals surface area contributed by atoms with Gasteiger partial charge in [-0.15, -0.1) is 0 Å². The van der Waals surface area contributed by atoms with Crippen LogP contribution < -0.4 is 5.43 Å². The summed E-state index contributed by atoms with van der Waals surface area (Å²) in [6, 6.07) is 2.81. The summed E-state index contributed by atoms with van der Waals surface area (Å²) >= 11 is 0. The Bertz CT molecular complexity index is 660. The summed E-state index contributed by atoms with van der Waals surface area (Å²) in [6.07, 6.45) is -1.09. The average Bonchev–Trinajstić information content (AvgIpc) is 2.83. The molecule has 2 atom stereocenters. The topological polar surface area (TPSA) is 65.5 Å². The number of allylic oxidation sites excluding steroid dienone is 1. The number of pyridine rings is 1. The summed E-state index contributed by atoms with van der Waals surface area (Å²) in [7, 11) is 0. The summed E-state index contributed by atoms with van der Waals surface area (Å²) in [4.78, 5) is 16.2. The fraction of sp³-hybridized carbons (Fsp3) is 0.467. The Morgan fingerprint density at radius 1 is 1.52 bits per heavy atom. The first kappa shape index (κ1) is 15.8. The number of halogens is 3. The van der Waals surface area contributed by atoms with Crippen LogP contribution in [0.4, 0.5) is 13.2 Å². The molecular formula is C15H16F3N3O2. The third kappa shape index (κ3) is 2.28. The maximum Gasteiger partial charge on any atom is 0.442 e. The van der Waals surface area contributed by atoms with Crippen LogP contribution in [-0.4, -0.2) is 32.9 Å². The van der Waals surface area contributed by atoms with Crippen molar-refractivity contribution in [1.29, 1.82) is 0 Å². The minimum Gasteiger partial charge on any atom is -0.359 e. The SMILES string of the molecule is C[C@H]1CCCC2=C1NN(C(=O)c1cccnc1)[C@@]2(O)C(F)(F)F. The summed E-state index contributed by atoms with van der Waals surface area (Å²) < 4.78 is 40.9. The lowest BCUT2D eigenvalue weighted by Crippen LogP contribution is -2.62. The molecule has 1 amide bonds. The van der Waals surface area contributed by atoms with Gasteiger partial charge in [-0.1, -0.05) is 6.92 Å². The first-order valence-corrected chi connectivity index (χ1v) is 7.30. The third-order valence-electron chi connectivity index (χ3n) is 4.37. The Hall–Kier alpha value is -2.09. The van der Waals surface area contributed by atoms with E-state index >= 15 is 0 Å². The van der Waals surface area contributed by atoms with E-state index in [0.717, 1.165) is 0 Å².